The zero-order chi connectivity index (χ0) is 38.5. The van der Waals surface area contributed by atoms with E-state index in [1.165, 1.54) is 25.1 Å². The van der Waals surface area contributed by atoms with Crippen molar-refractivity contribution < 1.29 is 28.7 Å². The fraction of sp³-hybridized carbons (Fsp3) is 0.209. The van der Waals surface area contributed by atoms with Crippen molar-refractivity contribution >= 4 is 63.5 Å². The van der Waals surface area contributed by atoms with Crippen molar-refractivity contribution in [1.82, 2.24) is 4.57 Å². The number of nitrogens with zero attached hydrogens (tertiary/aromatic N) is 4. The Bertz CT molecular complexity index is 2340. The fourth-order valence-electron chi connectivity index (χ4n) is 5.79. The molecule has 54 heavy (non-hydrogen) atoms. The molecule has 0 aliphatic rings. The quantitative estimate of drug-likeness (QED) is 0.0135. The summed E-state index contributed by atoms with van der Waals surface area (Å²) in [6, 6.07) is 27.0. The molecule has 0 aliphatic heterocycles. The summed E-state index contributed by atoms with van der Waals surface area (Å²) in [4.78, 5) is 38.6. The van der Waals surface area contributed by atoms with Gasteiger partial charge in [-0.05, 0) is 109 Å². The van der Waals surface area contributed by atoms with Crippen LogP contribution < -0.4 is 4.74 Å². The Morgan fingerprint density at radius 1 is 0.833 bits per heavy atom. The largest absolute Gasteiger partial charge is 0.473 e. The van der Waals surface area contributed by atoms with Gasteiger partial charge in [0.2, 0.25) is 5.70 Å². The smallest absolute Gasteiger partial charge is 0.348 e. The van der Waals surface area contributed by atoms with Gasteiger partial charge in [-0.15, -0.1) is 0 Å². The normalized spacial score (nSPS) is 11.8. The Balaban J connectivity index is 1.39. The molecule has 5 rings (SSSR count). The Morgan fingerprint density at radius 3 is 1.93 bits per heavy atom. The molecule has 0 saturated heterocycles. The zero-order valence-electron chi connectivity index (χ0n) is 30.0. The second-order valence-electron chi connectivity index (χ2n) is 12.4. The van der Waals surface area contributed by atoms with Gasteiger partial charge in [-0.2, -0.15) is 5.26 Å². The molecule has 1 aromatic heterocycles. The molecule has 0 fully saturated rings. The first-order valence-corrected chi connectivity index (χ1v) is 17.3. The monoisotopic (exact) mass is 722 g/mol. The summed E-state index contributed by atoms with van der Waals surface area (Å²) >= 11 is 0. The van der Waals surface area contributed by atoms with Gasteiger partial charge in [-0.25, -0.2) is 9.64 Å². The molecule has 0 radical (unpaired) electrons. The van der Waals surface area contributed by atoms with Crippen LogP contribution in [-0.4, -0.2) is 41.6 Å². The van der Waals surface area contributed by atoms with Crippen LogP contribution in [0.25, 0.3) is 51.0 Å². The fourth-order valence-corrected chi connectivity index (χ4v) is 5.79. The van der Waals surface area contributed by atoms with E-state index in [9.17, 15) is 25.0 Å². The third-order valence-electron chi connectivity index (χ3n) is 8.64. The topological polar surface area (TPSA) is 138 Å². The standard InChI is InChI=1S/C43H38N4O7/c1-30(48)40(45-2)27-34-15-21-42-39(26-34)38-25-33(24-35(28-44)43(49)53-23-7-5-4-6-22-52-3)14-20-41(38)46(42)29-54-37-18-12-32(13-19-37)9-8-31-10-16-36(17-11-31)47(50)51/h8-21,24-27H,4-7,22-23,29H2,1,3H3/b9-8+,35-24+,40-27+. The van der Waals surface area contributed by atoms with Gasteiger partial charge in [-0.3, -0.25) is 10.1 Å². The van der Waals surface area contributed by atoms with Crippen LogP contribution in [0.3, 0.4) is 0 Å². The first kappa shape index (κ1) is 38.4. The number of carbonyl (C=O) groups excluding carboxylic acids is 2. The lowest BCUT2D eigenvalue weighted by Crippen LogP contribution is -2.08. The molecular weight excluding hydrogens is 684 g/mol. The number of benzene rings is 4. The minimum atomic E-state index is -0.679. The number of nitriles is 1. The number of non-ortho nitro benzene ring substituents is 1. The highest BCUT2D eigenvalue weighted by Gasteiger charge is 2.15. The number of ether oxygens (including phenoxy) is 3. The molecule has 11 nitrogen and oxygen atoms in total. The maximum absolute atomic E-state index is 12.8. The number of carbonyl (C=O) groups is 2. The van der Waals surface area contributed by atoms with E-state index in [1.54, 1.807) is 25.3 Å². The number of methoxy groups -OCH3 is 1. The van der Waals surface area contributed by atoms with E-state index in [0.29, 0.717) is 29.9 Å². The molecule has 5 aromatic rings. The van der Waals surface area contributed by atoms with Crippen molar-refractivity contribution in [2.45, 2.75) is 39.3 Å². The van der Waals surface area contributed by atoms with Gasteiger partial charge in [0, 0.05) is 36.6 Å². The van der Waals surface area contributed by atoms with Crippen molar-refractivity contribution in [3.63, 3.8) is 0 Å². The van der Waals surface area contributed by atoms with E-state index in [0.717, 1.165) is 52.2 Å². The number of esters is 1. The SMILES string of the molecule is [C-]#[N+]/C(=C/c1ccc2c(c1)c1cc(/C=C(\C#N)C(=O)OCCCCCCOC)ccc1n2COc1ccc(/C=C/c2ccc([N+](=O)[O-])cc2)cc1)C(C)=O. The summed E-state index contributed by atoms with van der Waals surface area (Å²) < 4.78 is 18.7. The number of ketones is 1. The molecule has 272 valence electrons. The lowest BCUT2D eigenvalue weighted by atomic mass is 10.0. The van der Waals surface area contributed by atoms with Crippen molar-refractivity contribution in [1.29, 1.82) is 5.26 Å². The highest BCUT2D eigenvalue weighted by Crippen LogP contribution is 2.32. The first-order chi connectivity index (χ1) is 26.2. The van der Waals surface area contributed by atoms with Crippen LogP contribution in [0.4, 0.5) is 5.69 Å². The van der Waals surface area contributed by atoms with E-state index in [2.05, 4.69) is 4.85 Å². The molecule has 0 saturated carbocycles. The number of hydrogen-bond acceptors (Lipinski definition) is 8. The molecule has 0 amide bonds. The molecule has 0 unspecified atom stereocenters. The molecule has 0 aliphatic carbocycles. The second-order valence-corrected chi connectivity index (χ2v) is 12.4. The van der Waals surface area contributed by atoms with Crippen molar-refractivity contribution in [3.8, 4) is 11.8 Å². The van der Waals surface area contributed by atoms with Crippen LogP contribution in [0, 0.1) is 28.0 Å². The number of allylic oxidation sites excluding steroid dienone is 1. The van der Waals surface area contributed by atoms with E-state index >= 15 is 0 Å². The number of unbranched alkanes of at least 4 members (excludes halogenated alkanes) is 3. The predicted octanol–water partition coefficient (Wildman–Crippen LogP) is 9.42. The van der Waals surface area contributed by atoms with Crippen molar-refractivity contribution in [2.24, 2.45) is 0 Å². The Kier molecular flexibility index (Phi) is 13.2. The van der Waals surface area contributed by atoms with E-state index in [4.69, 9.17) is 20.8 Å². The number of rotatable bonds is 17. The molecule has 1 heterocycles. The summed E-state index contributed by atoms with van der Waals surface area (Å²) in [5, 5.41) is 22.4. The van der Waals surface area contributed by atoms with Gasteiger partial charge in [0.25, 0.3) is 5.69 Å². The lowest BCUT2D eigenvalue weighted by Gasteiger charge is -2.11. The van der Waals surface area contributed by atoms with Crippen LogP contribution in [-0.2, 0) is 25.8 Å². The maximum Gasteiger partial charge on any atom is 0.348 e. The van der Waals surface area contributed by atoms with Crippen molar-refractivity contribution in [3.05, 3.63) is 140 Å². The van der Waals surface area contributed by atoms with Crippen LogP contribution in [0.5, 0.6) is 5.75 Å². The average Bonchev–Trinajstić information content (AvgIpc) is 3.49. The first-order valence-electron chi connectivity index (χ1n) is 17.3. The lowest BCUT2D eigenvalue weighted by molar-refractivity contribution is -0.384. The van der Waals surface area contributed by atoms with Gasteiger partial charge in [0.15, 0.2) is 12.5 Å². The van der Waals surface area contributed by atoms with Gasteiger partial charge in [0.1, 0.15) is 17.4 Å². The van der Waals surface area contributed by atoms with Gasteiger partial charge in [-0.1, -0.05) is 42.8 Å². The number of nitro benzene ring substituents is 1. The second kappa shape index (κ2) is 18.6. The third-order valence-corrected chi connectivity index (χ3v) is 8.64. The summed E-state index contributed by atoms with van der Waals surface area (Å²) in [6.45, 7) is 9.85. The van der Waals surface area contributed by atoms with Crippen LogP contribution in [0.2, 0.25) is 0 Å². The molecular formula is C43H38N4O7. The van der Waals surface area contributed by atoms with Gasteiger partial charge in [0.05, 0.1) is 29.1 Å². The van der Waals surface area contributed by atoms with Crippen LogP contribution in [0.1, 0.15) is 54.9 Å². The summed E-state index contributed by atoms with van der Waals surface area (Å²) in [7, 11) is 1.66. The Hall–Kier alpha value is -6.82. The zero-order valence-corrected chi connectivity index (χ0v) is 30.0. The summed E-state index contributed by atoms with van der Waals surface area (Å²) in [5.74, 6) is -0.378. The average molecular weight is 723 g/mol. The molecule has 0 spiro atoms. The molecule has 0 N–H and O–H groups in total. The minimum absolute atomic E-state index is 0.0169. The maximum atomic E-state index is 12.8. The Morgan fingerprint density at radius 2 is 1.39 bits per heavy atom. The number of Topliss-reactive ketones (excluding diaryl/α,β-unsaturated/α-hetero) is 1. The van der Waals surface area contributed by atoms with E-state index in [-0.39, 0.29) is 36.1 Å². The Labute approximate surface area is 313 Å². The summed E-state index contributed by atoms with van der Waals surface area (Å²) in [5.41, 5.74) is 4.66. The third kappa shape index (κ3) is 9.94. The molecule has 0 bridgehead atoms. The predicted molar refractivity (Wildman–Crippen MR) is 209 cm³/mol. The molecule has 11 heteroatoms. The number of hydrogen-bond donors (Lipinski definition) is 0. The van der Waals surface area contributed by atoms with Crippen molar-refractivity contribution in [2.75, 3.05) is 20.3 Å². The van der Waals surface area contributed by atoms with Crippen LogP contribution >= 0.6 is 0 Å². The number of fused-ring (bicyclic) bond motifs is 3. The highest BCUT2D eigenvalue weighted by atomic mass is 16.6. The highest BCUT2D eigenvalue weighted by molar-refractivity contribution is 6.10. The van der Waals surface area contributed by atoms with E-state index in [1.807, 2.05) is 83.5 Å². The minimum Gasteiger partial charge on any atom is -0.473 e. The van der Waals surface area contributed by atoms with E-state index < -0.39 is 10.9 Å². The number of aromatic nitrogens is 1. The van der Waals surface area contributed by atoms with Gasteiger partial charge < -0.3 is 23.6 Å². The molecule has 0 atom stereocenters. The molecule has 4 aromatic carbocycles. The van der Waals surface area contributed by atoms with Crippen LogP contribution in [0.15, 0.2) is 96.2 Å². The summed E-state index contributed by atoms with van der Waals surface area (Å²) in [6.07, 6.45) is 10.3. The van der Waals surface area contributed by atoms with Gasteiger partial charge >= 0.3 is 5.97 Å². The number of nitro groups is 1.